The minimum atomic E-state index is -1.32. The van der Waals surface area contributed by atoms with Crippen LogP contribution in [0.25, 0.3) is 0 Å². The van der Waals surface area contributed by atoms with Crippen molar-refractivity contribution in [3.63, 3.8) is 0 Å². The molecule has 0 aliphatic heterocycles. The Morgan fingerprint density at radius 2 is 1.85 bits per heavy atom. The molecule has 1 atom stereocenters. The van der Waals surface area contributed by atoms with Gasteiger partial charge in [0.1, 0.15) is 11.7 Å². The number of Topliss-reactive ketones (excluding diaryl/α,β-unsaturated/α-hetero) is 4. The second-order valence-corrected chi connectivity index (χ2v) is 8.58. The fourth-order valence-corrected chi connectivity index (χ4v) is 4.08. The summed E-state index contributed by atoms with van der Waals surface area (Å²) in [6.07, 6.45) is 2.88. The van der Waals surface area contributed by atoms with Crippen LogP contribution in [-0.4, -0.2) is 23.1 Å². The SMILES string of the molecule is CC(=O)C(C(=O)c1cc(C)c2c(c1Cl)C(=O)C(C)(C)CC2)C(=O)C1CC1. The van der Waals surface area contributed by atoms with Crippen LogP contribution < -0.4 is 0 Å². The minimum Gasteiger partial charge on any atom is -0.299 e. The van der Waals surface area contributed by atoms with Crippen molar-refractivity contribution in [3.05, 3.63) is 33.3 Å². The number of carbonyl (C=O) groups excluding carboxylic acids is 4. The monoisotopic (exact) mass is 374 g/mol. The van der Waals surface area contributed by atoms with Crippen LogP contribution in [0.1, 0.15) is 71.9 Å². The molecule has 0 radical (unpaired) electrons. The Bertz CT molecular complexity index is 846. The van der Waals surface area contributed by atoms with Gasteiger partial charge in [-0.3, -0.25) is 19.2 Å². The Hall–Kier alpha value is -1.81. The lowest BCUT2D eigenvalue weighted by atomic mass is 9.71. The third-order valence-electron chi connectivity index (χ3n) is 5.63. The van der Waals surface area contributed by atoms with E-state index in [0.717, 1.165) is 30.4 Å². The average Bonchev–Trinajstić information content (AvgIpc) is 3.38. The highest BCUT2D eigenvalue weighted by Crippen LogP contribution is 2.41. The molecule has 0 N–H and O–H groups in total. The highest BCUT2D eigenvalue weighted by Gasteiger charge is 2.43. The second-order valence-electron chi connectivity index (χ2n) is 8.21. The summed E-state index contributed by atoms with van der Waals surface area (Å²) < 4.78 is 0. The maximum atomic E-state index is 13.0. The minimum absolute atomic E-state index is 0.0863. The number of fused-ring (bicyclic) bond motifs is 1. The van der Waals surface area contributed by atoms with Crippen molar-refractivity contribution in [2.75, 3.05) is 0 Å². The molecule has 0 aromatic heterocycles. The molecular formula is C21H23ClO4. The molecule has 1 fully saturated rings. The van der Waals surface area contributed by atoms with Crippen LogP contribution in [-0.2, 0) is 16.0 Å². The van der Waals surface area contributed by atoms with E-state index in [1.807, 2.05) is 20.8 Å². The van der Waals surface area contributed by atoms with Crippen LogP contribution >= 0.6 is 11.6 Å². The standard InChI is InChI=1S/C21H23ClO4/c1-10-9-14(19(25)15(11(2)23)18(24)12-5-6-12)17(22)16-13(10)7-8-21(3,4)20(16)26/h9,12,15H,5-8H2,1-4H3. The largest absolute Gasteiger partial charge is 0.299 e. The van der Waals surface area contributed by atoms with E-state index in [1.54, 1.807) is 6.07 Å². The maximum absolute atomic E-state index is 13.0. The molecule has 26 heavy (non-hydrogen) atoms. The normalized spacial score (nSPS) is 19.7. The van der Waals surface area contributed by atoms with Crippen molar-refractivity contribution in [2.24, 2.45) is 17.3 Å². The van der Waals surface area contributed by atoms with Gasteiger partial charge in [0.25, 0.3) is 0 Å². The molecule has 1 aromatic rings. The van der Waals surface area contributed by atoms with E-state index < -0.39 is 22.9 Å². The molecule has 1 aromatic carbocycles. The van der Waals surface area contributed by atoms with Crippen molar-refractivity contribution in [2.45, 2.75) is 53.4 Å². The summed E-state index contributed by atoms with van der Waals surface area (Å²) in [4.78, 5) is 50.5. The van der Waals surface area contributed by atoms with Crippen molar-refractivity contribution >= 4 is 34.7 Å². The third kappa shape index (κ3) is 3.05. The maximum Gasteiger partial charge on any atom is 0.182 e. The first kappa shape index (κ1) is 19.0. The molecule has 2 aliphatic rings. The number of hydrogen-bond donors (Lipinski definition) is 0. The van der Waals surface area contributed by atoms with Crippen molar-refractivity contribution in [3.8, 4) is 0 Å². The summed E-state index contributed by atoms with van der Waals surface area (Å²) in [6.45, 7) is 6.83. The van der Waals surface area contributed by atoms with Gasteiger partial charge in [-0.05, 0) is 56.7 Å². The second kappa shape index (κ2) is 6.41. The van der Waals surface area contributed by atoms with Gasteiger partial charge in [-0.25, -0.2) is 0 Å². The predicted molar refractivity (Wildman–Crippen MR) is 98.9 cm³/mol. The van der Waals surface area contributed by atoms with E-state index in [4.69, 9.17) is 11.6 Å². The summed E-state index contributed by atoms with van der Waals surface area (Å²) in [5.74, 6) is -2.98. The van der Waals surface area contributed by atoms with Crippen LogP contribution in [0.5, 0.6) is 0 Å². The zero-order valence-corrected chi connectivity index (χ0v) is 16.3. The molecule has 0 saturated heterocycles. The summed E-state index contributed by atoms with van der Waals surface area (Å²) in [6, 6.07) is 1.63. The van der Waals surface area contributed by atoms with E-state index in [-0.39, 0.29) is 28.1 Å². The van der Waals surface area contributed by atoms with Gasteiger partial charge in [-0.15, -0.1) is 0 Å². The molecule has 2 aliphatic carbocycles. The topological polar surface area (TPSA) is 68.3 Å². The van der Waals surface area contributed by atoms with E-state index in [2.05, 4.69) is 0 Å². The van der Waals surface area contributed by atoms with Gasteiger partial charge < -0.3 is 0 Å². The molecular weight excluding hydrogens is 352 g/mol. The first-order chi connectivity index (χ1) is 12.1. The van der Waals surface area contributed by atoms with Crippen LogP contribution in [0.3, 0.4) is 0 Å². The fourth-order valence-electron chi connectivity index (χ4n) is 3.73. The van der Waals surface area contributed by atoms with Crippen LogP contribution in [0.15, 0.2) is 6.07 Å². The average molecular weight is 375 g/mol. The van der Waals surface area contributed by atoms with Crippen molar-refractivity contribution in [1.29, 1.82) is 0 Å². The highest BCUT2D eigenvalue weighted by atomic mass is 35.5. The summed E-state index contributed by atoms with van der Waals surface area (Å²) in [7, 11) is 0. The van der Waals surface area contributed by atoms with Gasteiger partial charge in [0.15, 0.2) is 17.3 Å². The molecule has 1 saturated carbocycles. The fraction of sp³-hybridized carbons (Fsp3) is 0.524. The summed E-state index contributed by atoms with van der Waals surface area (Å²) in [5, 5.41) is 0.0863. The molecule has 0 bridgehead atoms. The molecule has 4 nitrogen and oxygen atoms in total. The van der Waals surface area contributed by atoms with E-state index in [0.29, 0.717) is 12.0 Å². The van der Waals surface area contributed by atoms with Crippen LogP contribution in [0, 0.1) is 24.2 Å². The van der Waals surface area contributed by atoms with Gasteiger partial charge in [-0.1, -0.05) is 25.4 Å². The highest BCUT2D eigenvalue weighted by molar-refractivity contribution is 6.39. The molecule has 3 rings (SSSR count). The first-order valence-electron chi connectivity index (χ1n) is 9.01. The number of halogens is 1. The van der Waals surface area contributed by atoms with Gasteiger partial charge in [0.2, 0.25) is 0 Å². The Kier molecular flexibility index (Phi) is 4.68. The van der Waals surface area contributed by atoms with Gasteiger partial charge in [0.05, 0.1) is 5.02 Å². The van der Waals surface area contributed by atoms with E-state index in [9.17, 15) is 19.2 Å². The first-order valence-corrected chi connectivity index (χ1v) is 9.39. The number of benzene rings is 1. The summed E-state index contributed by atoms with van der Waals surface area (Å²) in [5.41, 5.74) is 1.62. The smallest absolute Gasteiger partial charge is 0.182 e. The van der Waals surface area contributed by atoms with Gasteiger partial charge in [-0.2, -0.15) is 0 Å². The molecule has 0 spiro atoms. The number of aryl methyl sites for hydroxylation is 1. The molecule has 5 heteroatoms. The molecule has 138 valence electrons. The lowest BCUT2D eigenvalue weighted by Crippen LogP contribution is -2.34. The van der Waals surface area contributed by atoms with Gasteiger partial charge in [0, 0.05) is 22.5 Å². The number of hydrogen-bond acceptors (Lipinski definition) is 4. The lowest BCUT2D eigenvalue weighted by Gasteiger charge is -2.32. The lowest BCUT2D eigenvalue weighted by molar-refractivity contribution is -0.130. The summed E-state index contributed by atoms with van der Waals surface area (Å²) >= 11 is 6.50. The Labute approximate surface area is 158 Å². The molecule has 1 unspecified atom stereocenters. The quantitative estimate of drug-likeness (QED) is 0.573. The Morgan fingerprint density at radius 3 is 2.38 bits per heavy atom. The number of ketones is 4. The Morgan fingerprint density at radius 1 is 1.23 bits per heavy atom. The van der Waals surface area contributed by atoms with Gasteiger partial charge >= 0.3 is 0 Å². The van der Waals surface area contributed by atoms with E-state index in [1.165, 1.54) is 6.92 Å². The number of rotatable bonds is 5. The molecule has 0 heterocycles. The molecule has 0 amide bonds. The van der Waals surface area contributed by atoms with Crippen molar-refractivity contribution < 1.29 is 19.2 Å². The van der Waals surface area contributed by atoms with Crippen LogP contribution in [0.2, 0.25) is 5.02 Å². The van der Waals surface area contributed by atoms with Crippen LogP contribution in [0.4, 0.5) is 0 Å². The van der Waals surface area contributed by atoms with Crippen molar-refractivity contribution in [1.82, 2.24) is 0 Å². The predicted octanol–water partition coefficient (Wildman–Crippen LogP) is 4.17. The number of carbonyl (C=O) groups is 4. The zero-order valence-electron chi connectivity index (χ0n) is 15.6. The zero-order chi connectivity index (χ0) is 19.4. The Balaban J connectivity index is 2.11. The van der Waals surface area contributed by atoms with E-state index >= 15 is 0 Å². The third-order valence-corrected chi connectivity index (χ3v) is 6.03.